The van der Waals surface area contributed by atoms with E-state index in [0.717, 1.165) is 22.4 Å². The number of aromatic nitrogens is 2. The van der Waals surface area contributed by atoms with Crippen molar-refractivity contribution < 1.29 is 9.59 Å². The summed E-state index contributed by atoms with van der Waals surface area (Å²) >= 11 is 0. The second-order valence-corrected chi connectivity index (χ2v) is 7.10. The summed E-state index contributed by atoms with van der Waals surface area (Å²) in [6.07, 6.45) is 0. The lowest BCUT2D eigenvalue weighted by atomic mass is 10.1. The first kappa shape index (κ1) is 19.6. The Morgan fingerprint density at radius 1 is 1.14 bits per heavy atom. The average Bonchev–Trinajstić information content (AvgIpc) is 3.02. The van der Waals surface area contributed by atoms with E-state index in [1.54, 1.807) is 6.07 Å². The summed E-state index contributed by atoms with van der Waals surface area (Å²) in [7, 11) is 1.96. The van der Waals surface area contributed by atoms with Crippen molar-refractivity contribution in [2.24, 2.45) is 18.7 Å². The van der Waals surface area contributed by atoms with Crippen LogP contribution in [-0.2, 0) is 16.6 Å². The van der Waals surface area contributed by atoms with Crippen molar-refractivity contribution in [3.8, 4) is 11.4 Å². The van der Waals surface area contributed by atoms with Crippen molar-refractivity contribution >= 4 is 28.5 Å². The highest BCUT2D eigenvalue weighted by atomic mass is 16.2. The third kappa shape index (κ3) is 4.20. The molecule has 4 N–H and O–H groups in total. The van der Waals surface area contributed by atoms with Gasteiger partial charge in [0.25, 0.3) is 0 Å². The number of carbonyl (C=O) groups is 2. The van der Waals surface area contributed by atoms with Gasteiger partial charge in [-0.15, -0.1) is 0 Å². The molecule has 3 rings (SSSR count). The minimum absolute atomic E-state index is 0.00745. The van der Waals surface area contributed by atoms with Crippen LogP contribution in [0.5, 0.6) is 0 Å². The molecular weight excluding hydrogens is 354 g/mol. The topological polar surface area (TPSA) is 102 Å². The van der Waals surface area contributed by atoms with Gasteiger partial charge in [0.1, 0.15) is 5.82 Å². The molecule has 1 heterocycles. The number of fused-ring (bicyclic) bond motifs is 1. The van der Waals surface area contributed by atoms with E-state index < -0.39 is 6.04 Å². The van der Waals surface area contributed by atoms with Crippen LogP contribution in [0, 0.1) is 5.92 Å². The average molecular weight is 379 g/mol. The molecule has 3 aromatic rings. The number of carbonyl (C=O) groups excluding carboxylic acids is 2. The van der Waals surface area contributed by atoms with Crippen molar-refractivity contribution in [2.75, 3.05) is 11.9 Å². The first-order chi connectivity index (χ1) is 13.4. The number of hydrogen-bond acceptors (Lipinski definition) is 4. The summed E-state index contributed by atoms with van der Waals surface area (Å²) < 4.78 is 2.02. The Balaban J connectivity index is 1.70. The van der Waals surface area contributed by atoms with E-state index in [4.69, 9.17) is 5.73 Å². The van der Waals surface area contributed by atoms with Crippen LogP contribution >= 0.6 is 0 Å². The number of anilines is 1. The molecule has 7 nitrogen and oxygen atoms in total. The second-order valence-electron chi connectivity index (χ2n) is 7.10. The van der Waals surface area contributed by atoms with Crippen LogP contribution in [0.4, 0.5) is 5.69 Å². The lowest BCUT2D eigenvalue weighted by Gasteiger charge is -2.15. The van der Waals surface area contributed by atoms with Gasteiger partial charge in [0.2, 0.25) is 11.8 Å². The Morgan fingerprint density at radius 3 is 2.61 bits per heavy atom. The predicted molar refractivity (Wildman–Crippen MR) is 111 cm³/mol. The third-order valence-electron chi connectivity index (χ3n) is 4.64. The Morgan fingerprint density at radius 2 is 1.89 bits per heavy atom. The van der Waals surface area contributed by atoms with Crippen molar-refractivity contribution in [1.82, 2.24) is 14.9 Å². The molecule has 0 radical (unpaired) electrons. The molecule has 1 aromatic heterocycles. The second kappa shape index (κ2) is 8.22. The van der Waals surface area contributed by atoms with Gasteiger partial charge in [-0.05, 0) is 30.2 Å². The molecule has 0 aliphatic carbocycles. The SMILES string of the molecule is CC(C)[C@H](N)C(=O)NCC(=O)Nc1cccc(-c2nc3ccccc3n2C)c1. The maximum Gasteiger partial charge on any atom is 0.243 e. The molecule has 28 heavy (non-hydrogen) atoms. The van der Waals surface area contributed by atoms with Crippen molar-refractivity contribution in [3.63, 3.8) is 0 Å². The first-order valence-electron chi connectivity index (χ1n) is 9.22. The lowest BCUT2D eigenvalue weighted by molar-refractivity contribution is -0.125. The smallest absolute Gasteiger partial charge is 0.243 e. The Bertz CT molecular complexity index is 1010. The molecule has 0 saturated carbocycles. The molecule has 0 spiro atoms. The quantitative estimate of drug-likeness (QED) is 0.611. The molecule has 2 aromatic carbocycles. The van der Waals surface area contributed by atoms with Gasteiger partial charge in [-0.3, -0.25) is 9.59 Å². The zero-order chi connectivity index (χ0) is 20.3. The highest BCUT2D eigenvalue weighted by Crippen LogP contribution is 2.25. The number of aryl methyl sites for hydroxylation is 1. The number of rotatable bonds is 6. The lowest BCUT2D eigenvalue weighted by Crippen LogP contribution is -2.46. The number of nitrogens with zero attached hydrogens (tertiary/aromatic N) is 2. The van der Waals surface area contributed by atoms with Crippen LogP contribution in [0.15, 0.2) is 48.5 Å². The van der Waals surface area contributed by atoms with Crippen LogP contribution in [0.1, 0.15) is 13.8 Å². The van der Waals surface area contributed by atoms with Crippen LogP contribution in [0.3, 0.4) is 0 Å². The minimum atomic E-state index is -0.631. The molecular formula is C21H25N5O2. The van der Waals surface area contributed by atoms with Crippen LogP contribution in [0.2, 0.25) is 0 Å². The van der Waals surface area contributed by atoms with Crippen LogP contribution in [0.25, 0.3) is 22.4 Å². The maximum atomic E-state index is 12.2. The third-order valence-corrected chi connectivity index (χ3v) is 4.64. The molecule has 0 bridgehead atoms. The number of benzene rings is 2. The van der Waals surface area contributed by atoms with Gasteiger partial charge in [0.05, 0.1) is 23.6 Å². The fourth-order valence-electron chi connectivity index (χ4n) is 2.93. The van der Waals surface area contributed by atoms with Crippen molar-refractivity contribution in [1.29, 1.82) is 0 Å². The van der Waals surface area contributed by atoms with Gasteiger partial charge in [0, 0.05) is 18.3 Å². The highest BCUT2D eigenvalue weighted by molar-refractivity contribution is 5.95. The Hall–Kier alpha value is -3.19. The monoisotopic (exact) mass is 379 g/mol. The summed E-state index contributed by atoms with van der Waals surface area (Å²) in [6.45, 7) is 3.59. The minimum Gasteiger partial charge on any atom is -0.346 e. The van der Waals surface area contributed by atoms with E-state index in [-0.39, 0.29) is 24.3 Å². The van der Waals surface area contributed by atoms with E-state index >= 15 is 0 Å². The Kier molecular flexibility index (Phi) is 5.75. The number of para-hydroxylation sites is 2. The Labute approximate surface area is 163 Å². The molecule has 7 heteroatoms. The standard InChI is InChI=1S/C21H25N5O2/c1-13(2)19(22)21(28)23-12-18(27)24-15-8-6-7-14(11-15)20-25-16-9-4-5-10-17(16)26(20)3/h4-11,13,19H,12,22H2,1-3H3,(H,23,28)(H,24,27)/t19-/m0/s1. The number of imidazole rings is 1. The molecule has 0 fully saturated rings. The van der Waals surface area contributed by atoms with Gasteiger partial charge < -0.3 is 20.9 Å². The van der Waals surface area contributed by atoms with E-state index in [2.05, 4.69) is 15.6 Å². The van der Waals surface area contributed by atoms with Gasteiger partial charge >= 0.3 is 0 Å². The molecule has 0 unspecified atom stereocenters. The largest absolute Gasteiger partial charge is 0.346 e. The molecule has 0 saturated heterocycles. The van der Waals surface area contributed by atoms with Gasteiger partial charge in [0.15, 0.2) is 0 Å². The number of nitrogens with two attached hydrogens (primary N) is 1. The molecule has 0 aliphatic rings. The summed E-state index contributed by atoms with van der Waals surface area (Å²) in [6, 6.07) is 14.7. The number of hydrogen-bond donors (Lipinski definition) is 3. The zero-order valence-electron chi connectivity index (χ0n) is 16.3. The molecule has 0 aliphatic heterocycles. The van der Waals surface area contributed by atoms with Crippen molar-refractivity contribution in [2.45, 2.75) is 19.9 Å². The zero-order valence-corrected chi connectivity index (χ0v) is 16.3. The predicted octanol–water partition coefficient (Wildman–Crippen LogP) is 2.28. The molecule has 2 amide bonds. The molecule has 146 valence electrons. The van der Waals surface area contributed by atoms with Gasteiger partial charge in [-0.2, -0.15) is 0 Å². The molecule has 1 atom stereocenters. The van der Waals surface area contributed by atoms with Gasteiger partial charge in [-0.1, -0.05) is 38.1 Å². The van der Waals surface area contributed by atoms with Gasteiger partial charge in [-0.25, -0.2) is 4.98 Å². The number of amides is 2. The highest BCUT2D eigenvalue weighted by Gasteiger charge is 2.17. The van der Waals surface area contributed by atoms with E-state index in [9.17, 15) is 9.59 Å². The van der Waals surface area contributed by atoms with E-state index in [0.29, 0.717) is 5.69 Å². The summed E-state index contributed by atoms with van der Waals surface area (Å²) in [4.78, 5) is 28.7. The summed E-state index contributed by atoms with van der Waals surface area (Å²) in [5.41, 5.74) is 9.26. The number of nitrogens with one attached hydrogen (secondary N) is 2. The fourth-order valence-corrected chi connectivity index (χ4v) is 2.93. The summed E-state index contributed by atoms with van der Waals surface area (Å²) in [5, 5.41) is 5.36. The van der Waals surface area contributed by atoms with E-state index in [1.165, 1.54) is 0 Å². The van der Waals surface area contributed by atoms with E-state index in [1.807, 2.05) is 67.9 Å². The van der Waals surface area contributed by atoms with Crippen molar-refractivity contribution in [3.05, 3.63) is 48.5 Å². The first-order valence-corrected chi connectivity index (χ1v) is 9.22. The summed E-state index contributed by atoms with van der Waals surface area (Å²) in [5.74, 6) is 0.173. The van der Waals surface area contributed by atoms with Crippen LogP contribution in [-0.4, -0.2) is 34.0 Å². The van der Waals surface area contributed by atoms with Crippen LogP contribution < -0.4 is 16.4 Å². The normalized spacial score (nSPS) is 12.2. The maximum absolute atomic E-state index is 12.2. The fraction of sp³-hybridized carbons (Fsp3) is 0.286.